The van der Waals surface area contributed by atoms with Gasteiger partial charge in [-0.1, -0.05) is 182 Å². The van der Waals surface area contributed by atoms with Crippen LogP contribution in [0, 0.1) is 0 Å². The maximum Gasteiger partial charge on any atom is 0.0435 e. The van der Waals surface area contributed by atoms with Gasteiger partial charge in [0.2, 0.25) is 0 Å². The minimum absolute atomic E-state index is 0.217. The van der Waals surface area contributed by atoms with Crippen LogP contribution in [0.2, 0.25) is 0 Å². The summed E-state index contributed by atoms with van der Waals surface area (Å²) in [5, 5.41) is 10.2. The van der Waals surface area contributed by atoms with Crippen molar-refractivity contribution < 1.29 is 0 Å². The van der Waals surface area contributed by atoms with Crippen molar-refractivity contribution in [1.82, 2.24) is 0 Å². The molecule has 0 nitrogen and oxygen atoms in total. The summed E-state index contributed by atoms with van der Waals surface area (Å²) >= 11 is 0. The zero-order valence-corrected chi connectivity index (χ0v) is 30.1. The van der Waals surface area contributed by atoms with Gasteiger partial charge < -0.3 is 0 Å². The molecule has 1 atom stereocenters. The Hall–Kier alpha value is -6.76. The highest BCUT2D eigenvalue weighted by atomic mass is 14.4. The van der Waals surface area contributed by atoms with E-state index in [1.807, 2.05) is 0 Å². The lowest BCUT2D eigenvalue weighted by atomic mass is 9.74. The molecule has 0 aliphatic heterocycles. The third-order valence-electron chi connectivity index (χ3n) is 12.1. The van der Waals surface area contributed by atoms with Crippen molar-refractivity contribution in [2.45, 2.75) is 12.3 Å². The van der Waals surface area contributed by atoms with Crippen molar-refractivity contribution in [2.75, 3.05) is 0 Å². The summed E-state index contributed by atoms with van der Waals surface area (Å²) < 4.78 is 0. The molecule has 0 saturated heterocycles. The van der Waals surface area contributed by atoms with E-state index >= 15 is 0 Å². The lowest BCUT2D eigenvalue weighted by molar-refractivity contribution is 0.715. The van der Waals surface area contributed by atoms with Crippen molar-refractivity contribution in [2.24, 2.45) is 0 Å². The van der Waals surface area contributed by atoms with E-state index < -0.39 is 0 Å². The van der Waals surface area contributed by atoms with Gasteiger partial charge in [-0.2, -0.15) is 0 Å². The molecular weight excluding hydrogens is 649 g/mol. The van der Waals surface area contributed by atoms with E-state index in [1.165, 1.54) is 104 Å². The van der Waals surface area contributed by atoms with Crippen LogP contribution in [0.3, 0.4) is 0 Å². The van der Waals surface area contributed by atoms with Gasteiger partial charge in [0.15, 0.2) is 0 Å². The average molecular weight is 685 g/mol. The normalized spacial score (nSPS) is 14.8. The summed E-state index contributed by atoms with van der Waals surface area (Å²) in [4.78, 5) is 0. The summed E-state index contributed by atoms with van der Waals surface area (Å²) in [7, 11) is 0. The van der Waals surface area contributed by atoms with E-state index in [0.29, 0.717) is 0 Å². The highest BCUT2D eigenvalue weighted by Gasteiger charge is 2.40. The summed E-state index contributed by atoms with van der Waals surface area (Å²) in [6.07, 6.45) is 0. The van der Waals surface area contributed by atoms with Gasteiger partial charge in [0.25, 0.3) is 0 Å². The zero-order chi connectivity index (χ0) is 35.8. The summed E-state index contributed by atoms with van der Waals surface area (Å²) in [5.41, 5.74) is 14.0. The predicted octanol–water partition coefficient (Wildman–Crippen LogP) is 14.6. The Balaban J connectivity index is 1.08. The third kappa shape index (κ3) is 4.50. The maximum absolute atomic E-state index is 2.45. The number of hydrogen-bond acceptors (Lipinski definition) is 0. The van der Waals surface area contributed by atoms with Crippen LogP contribution in [0.5, 0.6) is 0 Å². The molecule has 0 aromatic heterocycles. The first-order chi connectivity index (χ1) is 26.7. The zero-order valence-electron chi connectivity index (χ0n) is 30.1. The molecule has 10 aromatic rings. The van der Waals surface area contributed by atoms with Crippen LogP contribution in [0.4, 0.5) is 0 Å². The quantitative estimate of drug-likeness (QED) is 0.128. The van der Waals surface area contributed by atoms with Crippen LogP contribution in [0.25, 0.3) is 87.6 Å². The molecule has 0 spiro atoms. The Morgan fingerprint density at radius 2 is 0.907 bits per heavy atom. The molecule has 0 bridgehead atoms. The van der Waals surface area contributed by atoms with E-state index in [9.17, 15) is 0 Å². The topological polar surface area (TPSA) is 0 Å². The van der Waals surface area contributed by atoms with Crippen molar-refractivity contribution in [3.05, 3.63) is 217 Å². The van der Waals surface area contributed by atoms with Crippen LogP contribution in [0.1, 0.15) is 23.6 Å². The van der Waals surface area contributed by atoms with Crippen LogP contribution in [-0.4, -0.2) is 0 Å². The highest BCUT2D eigenvalue weighted by molar-refractivity contribution is 6.27. The molecule has 0 amide bonds. The van der Waals surface area contributed by atoms with Crippen LogP contribution < -0.4 is 0 Å². The molecule has 1 aliphatic carbocycles. The van der Waals surface area contributed by atoms with Gasteiger partial charge in [-0.05, 0) is 129 Å². The van der Waals surface area contributed by atoms with Crippen molar-refractivity contribution >= 4 is 43.1 Å². The minimum Gasteiger partial charge on any atom is -0.0622 e. The molecular formula is C54H36. The average Bonchev–Trinajstić information content (AvgIpc) is 3.49. The molecule has 1 aliphatic rings. The Morgan fingerprint density at radius 3 is 1.70 bits per heavy atom. The van der Waals surface area contributed by atoms with E-state index in [4.69, 9.17) is 0 Å². The molecule has 0 fully saturated rings. The fraction of sp³-hybridized carbons (Fsp3) is 0.0370. The van der Waals surface area contributed by atoms with E-state index in [-0.39, 0.29) is 5.41 Å². The second-order valence-electron chi connectivity index (χ2n) is 14.9. The minimum atomic E-state index is -0.217. The molecule has 11 rings (SSSR count). The van der Waals surface area contributed by atoms with Gasteiger partial charge in [-0.3, -0.25) is 0 Å². The third-order valence-corrected chi connectivity index (χ3v) is 12.1. The van der Waals surface area contributed by atoms with Crippen LogP contribution >= 0.6 is 0 Å². The lowest BCUT2D eigenvalue weighted by Gasteiger charge is -2.28. The maximum atomic E-state index is 2.45. The second-order valence-corrected chi connectivity index (χ2v) is 14.9. The largest absolute Gasteiger partial charge is 0.0622 e. The monoisotopic (exact) mass is 684 g/mol. The molecule has 10 aromatic carbocycles. The molecule has 0 radical (unpaired) electrons. The van der Waals surface area contributed by atoms with E-state index in [1.54, 1.807) is 0 Å². The summed E-state index contributed by atoms with van der Waals surface area (Å²) in [6, 6.07) is 74.3. The number of hydrogen-bond donors (Lipinski definition) is 0. The Kier molecular flexibility index (Phi) is 6.78. The fourth-order valence-corrected chi connectivity index (χ4v) is 9.49. The molecule has 252 valence electrons. The Bertz CT molecular complexity index is 3080. The molecule has 1 unspecified atom stereocenters. The molecule has 0 saturated carbocycles. The van der Waals surface area contributed by atoms with Gasteiger partial charge >= 0.3 is 0 Å². The highest BCUT2D eigenvalue weighted by Crippen LogP contribution is 2.53. The van der Waals surface area contributed by atoms with Gasteiger partial charge in [0.1, 0.15) is 0 Å². The number of rotatable bonds is 4. The predicted molar refractivity (Wildman–Crippen MR) is 230 cm³/mol. The van der Waals surface area contributed by atoms with Crippen molar-refractivity contribution in [1.29, 1.82) is 0 Å². The van der Waals surface area contributed by atoms with Crippen molar-refractivity contribution in [3.8, 4) is 44.5 Å². The fourth-order valence-electron chi connectivity index (χ4n) is 9.49. The second kappa shape index (κ2) is 11.9. The first kappa shape index (κ1) is 30.8. The number of fused-ring (bicyclic) bond motifs is 8. The lowest BCUT2D eigenvalue weighted by Crippen LogP contribution is -2.22. The SMILES string of the molecule is CC1(c2ccccc2)c2ccccc2-c2cc3ccc(-c4ccc(-c5c6ccccc6c(-c6ccccc6)c6ccc7ccccc7c56)cc4)cc3cc21. The molecule has 54 heavy (non-hydrogen) atoms. The first-order valence-electron chi connectivity index (χ1n) is 18.9. The molecule has 0 heteroatoms. The van der Waals surface area contributed by atoms with Crippen LogP contribution in [-0.2, 0) is 5.41 Å². The first-order valence-corrected chi connectivity index (χ1v) is 18.9. The van der Waals surface area contributed by atoms with Gasteiger partial charge in [0.05, 0.1) is 0 Å². The summed E-state index contributed by atoms with van der Waals surface area (Å²) in [5.74, 6) is 0. The van der Waals surface area contributed by atoms with Gasteiger partial charge in [-0.15, -0.1) is 0 Å². The Labute approximate surface area is 315 Å². The number of benzene rings is 10. The van der Waals surface area contributed by atoms with Crippen LogP contribution in [0.15, 0.2) is 200 Å². The molecule has 0 heterocycles. The Morgan fingerprint density at radius 1 is 0.315 bits per heavy atom. The summed E-state index contributed by atoms with van der Waals surface area (Å²) in [6.45, 7) is 2.39. The smallest absolute Gasteiger partial charge is 0.0435 e. The standard InChI is InChI=1S/C54H36/c1-54(42-17-6-3-7-18-42)49-23-13-12-20-44(49)48-33-40-29-28-39(32-41(40)34-50(48)54)35-24-26-38(27-25-35)52-46-22-11-10-21-45(46)51(37-15-4-2-5-16-37)47-31-30-36-14-8-9-19-43(36)53(47)52/h2-34H,1H3. The molecule has 0 N–H and O–H groups in total. The van der Waals surface area contributed by atoms with Crippen molar-refractivity contribution in [3.63, 3.8) is 0 Å². The van der Waals surface area contributed by atoms with E-state index in [0.717, 1.165) is 0 Å². The van der Waals surface area contributed by atoms with Gasteiger partial charge in [-0.25, -0.2) is 0 Å². The van der Waals surface area contributed by atoms with Gasteiger partial charge in [0, 0.05) is 5.41 Å². The van der Waals surface area contributed by atoms with E-state index in [2.05, 4.69) is 207 Å².